The van der Waals surface area contributed by atoms with E-state index in [1.54, 1.807) is 0 Å². The van der Waals surface area contributed by atoms with E-state index < -0.39 is 8.32 Å². The zero-order valence-electron chi connectivity index (χ0n) is 10.8. The van der Waals surface area contributed by atoms with Gasteiger partial charge < -0.3 is 9.33 Å². The van der Waals surface area contributed by atoms with Crippen LogP contribution in [0.4, 0.5) is 0 Å². The lowest BCUT2D eigenvalue weighted by atomic mass is 9.92. The molecule has 0 unspecified atom stereocenters. The first-order valence-corrected chi connectivity index (χ1v) is 9.30. The zero-order chi connectivity index (χ0) is 11.6. The third-order valence-corrected chi connectivity index (χ3v) is 3.87. The van der Waals surface area contributed by atoms with Crippen LogP contribution in [0.3, 0.4) is 0 Å². The first-order chi connectivity index (χ1) is 6.83. The van der Waals surface area contributed by atoms with Crippen molar-refractivity contribution in [2.75, 3.05) is 20.1 Å². The minimum absolute atomic E-state index is 0.548. The number of rotatable bonds is 4. The summed E-state index contributed by atoms with van der Waals surface area (Å²) in [6.07, 6.45) is 1.23. The Morgan fingerprint density at radius 1 is 1.40 bits per heavy atom. The molecule has 1 saturated heterocycles. The Labute approximate surface area is 95.4 Å². The van der Waals surface area contributed by atoms with Crippen molar-refractivity contribution in [1.29, 1.82) is 0 Å². The molecular formula is C12H25NOSi. The molecule has 1 aliphatic rings. The molecule has 0 bridgehead atoms. The normalized spacial score (nSPS) is 28.1. The minimum atomic E-state index is -1.47. The molecule has 0 spiro atoms. The molecule has 0 radical (unpaired) electrons. The van der Waals surface area contributed by atoms with Crippen LogP contribution in [-0.2, 0) is 4.43 Å². The number of nitrogens with zero attached hydrogens (tertiary/aromatic N) is 1. The average Bonchev–Trinajstić information content (AvgIpc) is 2.43. The summed E-state index contributed by atoms with van der Waals surface area (Å²) in [5.41, 5.74) is 0. The van der Waals surface area contributed by atoms with E-state index in [-0.39, 0.29) is 0 Å². The van der Waals surface area contributed by atoms with Crippen molar-refractivity contribution in [3.8, 4) is 0 Å². The van der Waals surface area contributed by atoms with Crippen LogP contribution < -0.4 is 0 Å². The summed E-state index contributed by atoms with van der Waals surface area (Å²) in [4.78, 5) is 2.39. The van der Waals surface area contributed by atoms with Gasteiger partial charge in [-0.15, -0.1) is 0 Å². The van der Waals surface area contributed by atoms with Gasteiger partial charge >= 0.3 is 0 Å². The van der Waals surface area contributed by atoms with Gasteiger partial charge in [-0.2, -0.15) is 0 Å². The fourth-order valence-electron chi connectivity index (χ4n) is 2.33. The highest BCUT2D eigenvalue weighted by molar-refractivity contribution is 6.70. The summed E-state index contributed by atoms with van der Waals surface area (Å²) in [5, 5.41) is 0. The summed E-state index contributed by atoms with van der Waals surface area (Å²) in [5.74, 6) is 2.32. The van der Waals surface area contributed by atoms with Gasteiger partial charge in [-0.3, -0.25) is 0 Å². The van der Waals surface area contributed by atoms with Crippen molar-refractivity contribution in [3.63, 3.8) is 0 Å². The van der Waals surface area contributed by atoms with Crippen molar-refractivity contribution in [2.24, 2.45) is 11.8 Å². The molecule has 0 N–H and O–H groups in total. The van der Waals surface area contributed by atoms with E-state index in [1.165, 1.54) is 13.0 Å². The molecule has 0 aromatic rings. The highest BCUT2D eigenvalue weighted by Gasteiger charge is 2.33. The van der Waals surface area contributed by atoms with Gasteiger partial charge in [0.15, 0.2) is 0 Å². The van der Waals surface area contributed by atoms with Gasteiger partial charge in [0.25, 0.3) is 0 Å². The molecular weight excluding hydrogens is 202 g/mol. The molecule has 1 aliphatic heterocycles. The average molecular weight is 227 g/mol. The lowest BCUT2D eigenvalue weighted by Crippen LogP contribution is -2.29. The van der Waals surface area contributed by atoms with Crippen LogP contribution in [0.5, 0.6) is 0 Å². The zero-order valence-corrected chi connectivity index (χ0v) is 11.8. The Balaban J connectivity index is 2.59. The molecule has 0 aromatic carbocycles. The van der Waals surface area contributed by atoms with Crippen molar-refractivity contribution < 1.29 is 4.43 Å². The van der Waals surface area contributed by atoms with E-state index in [2.05, 4.69) is 45.1 Å². The lowest BCUT2D eigenvalue weighted by Gasteiger charge is -2.27. The van der Waals surface area contributed by atoms with Gasteiger partial charge in [0, 0.05) is 19.0 Å². The molecule has 1 fully saturated rings. The van der Waals surface area contributed by atoms with Crippen LogP contribution in [0.1, 0.15) is 13.3 Å². The number of hydrogen-bond acceptors (Lipinski definition) is 2. The Morgan fingerprint density at radius 2 is 2.00 bits per heavy atom. The third kappa shape index (κ3) is 3.65. The maximum absolute atomic E-state index is 6.02. The van der Waals surface area contributed by atoms with Gasteiger partial charge in [0.05, 0.1) is 5.76 Å². The molecule has 0 saturated carbocycles. The molecule has 15 heavy (non-hydrogen) atoms. The Morgan fingerprint density at radius 3 is 2.47 bits per heavy atom. The van der Waals surface area contributed by atoms with Crippen LogP contribution in [0.25, 0.3) is 0 Å². The molecule has 1 rings (SSSR count). The summed E-state index contributed by atoms with van der Waals surface area (Å²) in [7, 11) is 0.715. The highest BCUT2D eigenvalue weighted by atomic mass is 28.4. The number of likely N-dealkylation sites (tertiary alicyclic amines) is 1. The fourth-order valence-corrected chi connectivity index (χ4v) is 3.27. The second-order valence-corrected chi connectivity index (χ2v) is 10.1. The van der Waals surface area contributed by atoms with Crippen LogP contribution in [0.2, 0.25) is 19.6 Å². The quantitative estimate of drug-likeness (QED) is 0.541. The van der Waals surface area contributed by atoms with Crippen molar-refractivity contribution >= 4 is 8.32 Å². The van der Waals surface area contributed by atoms with Crippen molar-refractivity contribution in [3.05, 3.63) is 12.3 Å². The monoisotopic (exact) mass is 227 g/mol. The third-order valence-electron chi connectivity index (χ3n) is 3.00. The smallest absolute Gasteiger partial charge is 0.241 e. The van der Waals surface area contributed by atoms with E-state index in [4.69, 9.17) is 4.43 Å². The van der Waals surface area contributed by atoms with Gasteiger partial charge in [0.2, 0.25) is 8.32 Å². The molecule has 0 aliphatic carbocycles. The van der Waals surface area contributed by atoms with Gasteiger partial charge in [-0.1, -0.05) is 19.9 Å². The molecule has 2 atom stereocenters. The summed E-state index contributed by atoms with van der Waals surface area (Å²) < 4.78 is 6.02. The first kappa shape index (κ1) is 12.8. The topological polar surface area (TPSA) is 12.5 Å². The first-order valence-electron chi connectivity index (χ1n) is 5.90. The predicted octanol–water partition coefficient (Wildman–Crippen LogP) is 2.94. The SMILES string of the molecule is C=C(O[Si](C)(C)C)[C@H]1CN(C)C[C@H]1CC. The largest absolute Gasteiger partial charge is 0.548 e. The maximum atomic E-state index is 6.02. The van der Waals surface area contributed by atoms with Crippen LogP contribution in [0.15, 0.2) is 12.3 Å². The summed E-state index contributed by atoms with van der Waals surface area (Å²) in [6.45, 7) is 15.4. The predicted molar refractivity (Wildman–Crippen MR) is 68.3 cm³/mol. The lowest BCUT2D eigenvalue weighted by molar-refractivity contribution is 0.306. The van der Waals surface area contributed by atoms with Gasteiger partial charge in [-0.05, 0) is 32.6 Å². The minimum Gasteiger partial charge on any atom is -0.548 e. The second kappa shape index (κ2) is 4.70. The Hall–Kier alpha value is -0.283. The van der Waals surface area contributed by atoms with E-state index in [1.807, 2.05) is 0 Å². The molecule has 88 valence electrons. The van der Waals surface area contributed by atoms with Gasteiger partial charge in [-0.25, -0.2) is 0 Å². The van der Waals surface area contributed by atoms with Crippen LogP contribution in [0, 0.1) is 11.8 Å². The molecule has 0 aromatic heterocycles. The molecule has 2 nitrogen and oxygen atoms in total. The summed E-state index contributed by atoms with van der Waals surface area (Å²) in [6, 6.07) is 0. The Kier molecular flexibility index (Phi) is 4.01. The number of hydrogen-bond donors (Lipinski definition) is 0. The van der Waals surface area contributed by atoms with Crippen molar-refractivity contribution in [2.45, 2.75) is 33.0 Å². The van der Waals surface area contributed by atoms with Crippen LogP contribution in [-0.4, -0.2) is 33.4 Å². The standard InChI is InChI=1S/C12H25NOSi/c1-7-11-8-13(3)9-12(11)10(2)14-15(4,5)6/h11-12H,2,7-9H2,1,3-6H3/t11-,12-/m1/s1. The van der Waals surface area contributed by atoms with Crippen molar-refractivity contribution in [1.82, 2.24) is 4.90 Å². The molecule has 3 heteroatoms. The van der Waals surface area contributed by atoms with E-state index in [0.29, 0.717) is 5.92 Å². The highest BCUT2D eigenvalue weighted by Crippen LogP contribution is 2.32. The molecule has 0 amide bonds. The van der Waals surface area contributed by atoms with E-state index in [9.17, 15) is 0 Å². The Bertz CT molecular complexity index is 234. The van der Waals surface area contributed by atoms with Crippen LogP contribution >= 0.6 is 0 Å². The maximum Gasteiger partial charge on any atom is 0.241 e. The summed E-state index contributed by atoms with van der Waals surface area (Å²) >= 11 is 0. The van der Waals surface area contributed by atoms with Gasteiger partial charge in [0.1, 0.15) is 0 Å². The molecule has 1 heterocycles. The van der Waals surface area contributed by atoms with E-state index >= 15 is 0 Å². The second-order valence-electron chi connectivity index (χ2n) is 5.68. The van der Waals surface area contributed by atoms with E-state index in [0.717, 1.165) is 18.2 Å². The fraction of sp³-hybridized carbons (Fsp3) is 0.833.